The van der Waals surface area contributed by atoms with Gasteiger partial charge >= 0.3 is 0 Å². The van der Waals surface area contributed by atoms with Crippen LogP contribution in [0.3, 0.4) is 0 Å². The van der Waals surface area contributed by atoms with Crippen molar-refractivity contribution in [3.05, 3.63) is 36.4 Å². The maximum absolute atomic E-state index is 8.98. The highest BCUT2D eigenvalue weighted by Crippen LogP contribution is 2.31. The first-order valence-corrected chi connectivity index (χ1v) is 4.97. The van der Waals surface area contributed by atoms with Gasteiger partial charge in [-0.3, -0.25) is 0 Å². The summed E-state index contributed by atoms with van der Waals surface area (Å²) in [4.78, 5) is 0. The Hall–Kier alpha value is -1.48. The lowest BCUT2D eigenvalue weighted by Gasteiger charge is -2.05. The van der Waals surface area contributed by atoms with Gasteiger partial charge in [0.05, 0.1) is 6.61 Å². The molecule has 15 heavy (non-hydrogen) atoms. The Bertz CT molecular complexity index is 360. The lowest BCUT2D eigenvalue weighted by atomic mass is 10.1. The number of aliphatic hydroxyl groups is 1. The van der Waals surface area contributed by atoms with Gasteiger partial charge in [-0.05, 0) is 18.2 Å². The quantitative estimate of drug-likeness (QED) is 0.759. The summed E-state index contributed by atoms with van der Waals surface area (Å²) < 4.78 is 10.9. The molecule has 1 aromatic carbocycles. The van der Waals surface area contributed by atoms with Gasteiger partial charge in [-0.15, -0.1) is 0 Å². The van der Waals surface area contributed by atoms with E-state index in [9.17, 15) is 0 Å². The minimum atomic E-state index is -0.102. The van der Waals surface area contributed by atoms with Crippen molar-refractivity contribution in [3.63, 3.8) is 0 Å². The number of fused-ring (bicyclic) bond motifs is 1. The van der Waals surface area contributed by atoms with Gasteiger partial charge in [-0.1, -0.05) is 12.7 Å². The van der Waals surface area contributed by atoms with Gasteiger partial charge in [0.2, 0.25) is 0 Å². The highest BCUT2D eigenvalue weighted by Gasteiger charge is 2.22. The van der Waals surface area contributed by atoms with Crippen molar-refractivity contribution >= 4 is 0 Å². The number of hydrogen-bond donors (Lipinski definition) is 1. The Morgan fingerprint density at radius 2 is 2.47 bits per heavy atom. The summed E-state index contributed by atoms with van der Waals surface area (Å²) in [6, 6.07) is 5.69. The zero-order valence-corrected chi connectivity index (χ0v) is 8.48. The van der Waals surface area contributed by atoms with Crippen LogP contribution in [0.15, 0.2) is 30.9 Å². The number of ether oxygens (including phenoxy) is 2. The van der Waals surface area contributed by atoms with Crippen molar-refractivity contribution in [2.45, 2.75) is 12.5 Å². The third-order valence-electron chi connectivity index (χ3n) is 2.34. The van der Waals surface area contributed by atoms with Crippen LogP contribution in [-0.4, -0.2) is 24.4 Å². The van der Waals surface area contributed by atoms with Crippen LogP contribution in [0.4, 0.5) is 0 Å². The molecule has 1 aliphatic heterocycles. The van der Waals surface area contributed by atoms with E-state index in [1.54, 1.807) is 6.08 Å². The number of hydrogen-bond acceptors (Lipinski definition) is 3. The molecule has 1 N–H and O–H groups in total. The predicted molar refractivity (Wildman–Crippen MR) is 57.3 cm³/mol. The maximum atomic E-state index is 8.98. The van der Waals surface area contributed by atoms with Crippen LogP contribution in [0.1, 0.15) is 5.56 Å². The van der Waals surface area contributed by atoms with Crippen molar-refractivity contribution in [3.8, 4) is 11.5 Å². The van der Waals surface area contributed by atoms with Gasteiger partial charge in [0.15, 0.2) is 0 Å². The molecule has 0 amide bonds. The average molecular weight is 206 g/mol. The summed E-state index contributed by atoms with van der Waals surface area (Å²) in [5.74, 6) is 1.66. The molecule has 0 aromatic heterocycles. The lowest BCUT2D eigenvalue weighted by Crippen LogP contribution is -2.17. The Kier molecular flexibility index (Phi) is 2.92. The topological polar surface area (TPSA) is 38.7 Å². The fraction of sp³-hybridized carbons (Fsp3) is 0.333. The molecule has 2 rings (SSSR count). The summed E-state index contributed by atoms with van der Waals surface area (Å²) in [7, 11) is 0. The minimum absolute atomic E-state index is 0.0531. The number of benzene rings is 1. The van der Waals surface area contributed by atoms with Gasteiger partial charge in [0, 0.05) is 12.0 Å². The Labute approximate surface area is 88.9 Å². The van der Waals surface area contributed by atoms with Crippen LogP contribution in [0.5, 0.6) is 11.5 Å². The van der Waals surface area contributed by atoms with Gasteiger partial charge in [0.1, 0.15) is 24.2 Å². The molecule has 80 valence electrons. The maximum Gasteiger partial charge on any atom is 0.126 e. The summed E-state index contributed by atoms with van der Waals surface area (Å²) in [6.07, 6.45) is 2.35. The van der Waals surface area contributed by atoms with Crippen molar-refractivity contribution in [2.24, 2.45) is 0 Å². The molecule has 1 atom stereocenters. The van der Waals surface area contributed by atoms with E-state index in [0.29, 0.717) is 6.61 Å². The van der Waals surface area contributed by atoms with Crippen LogP contribution < -0.4 is 9.47 Å². The zero-order chi connectivity index (χ0) is 10.7. The molecule has 1 aliphatic rings. The van der Waals surface area contributed by atoms with Crippen molar-refractivity contribution in [2.75, 3.05) is 13.2 Å². The second kappa shape index (κ2) is 4.36. The first kappa shape index (κ1) is 10.1. The van der Waals surface area contributed by atoms with Gasteiger partial charge in [0.25, 0.3) is 0 Å². The average Bonchev–Trinajstić information content (AvgIpc) is 2.68. The molecule has 1 heterocycles. The van der Waals surface area contributed by atoms with E-state index >= 15 is 0 Å². The largest absolute Gasteiger partial charge is 0.490 e. The minimum Gasteiger partial charge on any atom is -0.490 e. The van der Waals surface area contributed by atoms with Crippen molar-refractivity contribution in [1.82, 2.24) is 0 Å². The van der Waals surface area contributed by atoms with E-state index in [1.165, 1.54) is 0 Å². The fourth-order valence-corrected chi connectivity index (χ4v) is 1.64. The molecule has 0 saturated carbocycles. The Morgan fingerprint density at radius 1 is 1.60 bits per heavy atom. The molecular formula is C12H14O3. The second-order valence-electron chi connectivity index (χ2n) is 3.50. The van der Waals surface area contributed by atoms with Gasteiger partial charge < -0.3 is 14.6 Å². The smallest absolute Gasteiger partial charge is 0.126 e. The van der Waals surface area contributed by atoms with E-state index in [-0.39, 0.29) is 12.7 Å². The standard InChI is InChI=1S/C12H14O3/c1-2-5-14-10-3-4-12-9(6-10)7-11(8-13)15-12/h2-4,6,11,13H,1,5,7-8H2. The van der Waals surface area contributed by atoms with Crippen molar-refractivity contribution < 1.29 is 14.6 Å². The normalized spacial score (nSPS) is 18.1. The molecule has 0 saturated heterocycles. The molecule has 3 heteroatoms. The van der Waals surface area contributed by atoms with E-state index < -0.39 is 0 Å². The first-order valence-electron chi connectivity index (χ1n) is 4.97. The highest BCUT2D eigenvalue weighted by atomic mass is 16.5. The summed E-state index contributed by atoms with van der Waals surface area (Å²) >= 11 is 0. The molecule has 1 unspecified atom stereocenters. The third kappa shape index (κ3) is 2.13. The number of rotatable bonds is 4. The van der Waals surface area contributed by atoms with E-state index in [2.05, 4.69) is 6.58 Å². The molecule has 0 fully saturated rings. The number of aliphatic hydroxyl groups excluding tert-OH is 1. The molecule has 0 spiro atoms. The zero-order valence-electron chi connectivity index (χ0n) is 8.48. The summed E-state index contributed by atoms with van der Waals surface area (Å²) in [5, 5.41) is 8.98. The highest BCUT2D eigenvalue weighted by molar-refractivity contribution is 5.43. The first-order chi connectivity index (χ1) is 7.33. The molecule has 3 nitrogen and oxygen atoms in total. The van der Waals surface area contributed by atoms with Crippen LogP contribution >= 0.6 is 0 Å². The fourth-order valence-electron chi connectivity index (χ4n) is 1.64. The Balaban J connectivity index is 2.11. The molecule has 1 aromatic rings. The monoisotopic (exact) mass is 206 g/mol. The second-order valence-corrected chi connectivity index (χ2v) is 3.50. The molecule has 0 radical (unpaired) electrons. The lowest BCUT2D eigenvalue weighted by molar-refractivity contribution is 0.134. The van der Waals surface area contributed by atoms with Gasteiger partial charge in [-0.2, -0.15) is 0 Å². The van der Waals surface area contributed by atoms with E-state index in [0.717, 1.165) is 23.5 Å². The summed E-state index contributed by atoms with van der Waals surface area (Å²) in [5.41, 5.74) is 1.09. The molecule has 0 bridgehead atoms. The van der Waals surface area contributed by atoms with Crippen LogP contribution in [0, 0.1) is 0 Å². The third-order valence-corrected chi connectivity index (χ3v) is 2.34. The SMILES string of the molecule is C=CCOc1ccc2c(c1)CC(CO)O2. The van der Waals surface area contributed by atoms with Gasteiger partial charge in [-0.25, -0.2) is 0 Å². The van der Waals surface area contributed by atoms with E-state index in [1.807, 2.05) is 18.2 Å². The van der Waals surface area contributed by atoms with Crippen LogP contribution in [-0.2, 0) is 6.42 Å². The summed E-state index contributed by atoms with van der Waals surface area (Å²) in [6.45, 7) is 4.15. The van der Waals surface area contributed by atoms with Crippen LogP contribution in [0.25, 0.3) is 0 Å². The predicted octanol–water partition coefficient (Wildman–Crippen LogP) is 1.55. The van der Waals surface area contributed by atoms with Crippen molar-refractivity contribution in [1.29, 1.82) is 0 Å². The van der Waals surface area contributed by atoms with Crippen LogP contribution in [0.2, 0.25) is 0 Å². The molecule has 0 aliphatic carbocycles. The molecular weight excluding hydrogens is 192 g/mol. The Morgan fingerprint density at radius 3 is 3.20 bits per heavy atom. The van der Waals surface area contributed by atoms with E-state index in [4.69, 9.17) is 14.6 Å².